The molecule has 1 aromatic rings. The first kappa shape index (κ1) is 12.6. The zero-order valence-corrected chi connectivity index (χ0v) is 12.0. The molecule has 0 aliphatic carbocycles. The molecule has 0 radical (unpaired) electrons. The molecular formula is C16H25N. The van der Waals surface area contributed by atoms with E-state index in [1.54, 1.807) is 0 Å². The summed E-state index contributed by atoms with van der Waals surface area (Å²) in [5.74, 6) is 0. The molecule has 1 aromatic carbocycles. The van der Waals surface area contributed by atoms with Crippen LogP contribution in [0.4, 0.5) is 0 Å². The Labute approximate surface area is 106 Å². The second-order valence-corrected chi connectivity index (χ2v) is 6.63. The SMILES string of the molecule is Cc1cc(C(C)(C)C)cc(C)c1C1CC(C)N1. The van der Waals surface area contributed by atoms with Gasteiger partial charge >= 0.3 is 0 Å². The maximum atomic E-state index is 3.60. The van der Waals surface area contributed by atoms with Gasteiger partial charge in [-0.15, -0.1) is 0 Å². The van der Waals surface area contributed by atoms with Gasteiger partial charge in [-0.3, -0.25) is 0 Å². The summed E-state index contributed by atoms with van der Waals surface area (Å²) in [5.41, 5.74) is 6.10. The summed E-state index contributed by atoms with van der Waals surface area (Å²) < 4.78 is 0. The quantitative estimate of drug-likeness (QED) is 0.769. The van der Waals surface area contributed by atoms with Gasteiger partial charge in [0, 0.05) is 12.1 Å². The van der Waals surface area contributed by atoms with Crippen LogP contribution in [0.15, 0.2) is 12.1 Å². The monoisotopic (exact) mass is 231 g/mol. The van der Waals surface area contributed by atoms with Crippen LogP contribution < -0.4 is 5.32 Å². The standard InChI is InChI=1S/C16H25N/c1-10-7-13(16(4,5)6)8-11(2)15(10)14-9-12(3)17-14/h7-8,12,14,17H,9H2,1-6H3. The second-order valence-electron chi connectivity index (χ2n) is 6.63. The molecule has 0 saturated carbocycles. The van der Waals surface area contributed by atoms with Gasteiger partial charge in [-0.25, -0.2) is 0 Å². The Hall–Kier alpha value is -0.820. The zero-order valence-electron chi connectivity index (χ0n) is 12.0. The summed E-state index contributed by atoms with van der Waals surface area (Å²) in [6.07, 6.45) is 1.27. The van der Waals surface area contributed by atoms with Gasteiger partial charge in [0.1, 0.15) is 0 Å². The molecule has 1 saturated heterocycles. The van der Waals surface area contributed by atoms with Gasteiger partial charge in [0.2, 0.25) is 0 Å². The highest BCUT2D eigenvalue weighted by Gasteiger charge is 2.28. The summed E-state index contributed by atoms with van der Waals surface area (Å²) in [6.45, 7) is 13.6. The lowest BCUT2D eigenvalue weighted by Gasteiger charge is -2.37. The van der Waals surface area contributed by atoms with Crippen molar-refractivity contribution in [1.29, 1.82) is 0 Å². The fourth-order valence-corrected chi connectivity index (χ4v) is 2.83. The van der Waals surface area contributed by atoms with Gasteiger partial charge in [-0.05, 0) is 54.9 Å². The van der Waals surface area contributed by atoms with E-state index >= 15 is 0 Å². The fourth-order valence-electron chi connectivity index (χ4n) is 2.83. The van der Waals surface area contributed by atoms with E-state index in [-0.39, 0.29) is 5.41 Å². The van der Waals surface area contributed by atoms with Crippen molar-refractivity contribution >= 4 is 0 Å². The van der Waals surface area contributed by atoms with E-state index in [0.29, 0.717) is 12.1 Å². The Morgan fingerprint density at radius 3 is 1.94 bits per heavy atom. The molecular weight excluding hydrogens is 206 g/mol. The lowest BCUT2D eigenvalue weighted by Crippen LogP contribution is -2.44. The predicted octanol–water partition coefficient (Wildman–Crippen LogP) is 4.02. The molecule has 2 unspecified atom stereocenters. The number of aryl methyl sites for hydroxylation is 2. The molecule has 0 bridgehead atoms. The van der Waals surface area contributed by atoms with Gasteiger partial charge < -0.3 is 5.32 Å². The fraction of sp³-hybridized carbons (Fsp3) is 0.625. The Morgan fingerprint density at radius 2 is 1.59 bits per heavy atom. The molecule has 1 nitrogen and oxygen atoms in total. The van der Waals surface area contributed by atoms with Crippen LogP contribution in [-0.4, -0.2) is 6.04 Å². The Bertz CT molecular complexity index is 397. The molecule has 0 spiro atoms. The largest absolute Gasteiger partial charge is 0.307 e. The van der Waals surface area contributed by atoms with E-state index in [1.165, 1.54) is 28.7 Å². The summed E-state index contributed by atoms with van der Waals surface area (Å²) >= 11 is 0. The minimum absolute atomic E-state index is 0.244. The average molecular weight is 231 g/mol. The maximum Gasteiger partial charge on any atom is 0.0342 e. The van der Waals surface area contributed by atoms with Crippen LogP contribution in [-0.2, 0) is 5.41 Å². The number of hydrogen-bond acceptors (Lipinski definition) is 1. The van der Waals surface area contributed by atoms with Crippen LogP contribution in [0.2, 0.25) is 0 Å². The molecule has 1 heterocycles. The molecule has 1 fully saturated rings. The van der Waals surface area contributed by atoms with Gasteiger partial charge in [0.05, 0.1) is 0 Å². The molecule has 1 aliphatic rings. The minimum atomic E-state index is 0.244. The third kappa shape index (κ3) is 2.40. The molecule has 1 aliphatic heterocycles. The van der Waals surface area contributed by atoms with Crippen molar-refractivity contribution in [2.75, 3.05) is 0 Å². The second kappa shape index (κ2) is 4.13. The molecule has 2 rings (SSSR count). The van der Waals surface area contributed by atoms with E-state index in [1.807, 2.05) is 0 Å². The van der Waals surface area contributed by atoms with Crippen molar-refractivity contribution in [2.24, 2.45) is 0 Å². The summed E-state index contributed by atoms with van der Waals surface area (Å²) in [7, 11) is 0. The smallest absolute Gasteiger partial charge is 0.0342 e. The van der Waals surface area contributed by atoms with Crippen molar-refractivity contribution < 1.29 is 0 Å². The van der Waals surface area contributed by atoms with Crippen molar-refractivity contribution in [1.82, 2.24) is 5.32 Å². The van der Waals surface area contributed by atoms with E-state index in [9.17, 15) is 0 Å². The molecule has 0 aromatic heterocycles. The number of rotatable bonds is 1. The van der Waals surface area contributed by atoms with Crippen molar-refractivity contribution in [3.63, 3.8) is 0 Å². The van der Waals surface area contributed by atoms with Crippen molar-refractivity contribution in [3.05, 3.63) is 34.4 Å². The van der Waals surface area contributed by atoms with E-state index < -0.39 is 0 Å². The van der Waals surface area contributed by atoms with Gasteiger partial charge in [0.15, 0.2) is 0 Å². The molecule has 1 N–H and O–H groups in total. The van der Waals surface area contributed by atoms with E-state index in [4.69, 9.17) is 0 Å². The Balaban J connectivity index is 2.36. The zero-order chi connectivity index (χ0) is 12.8. The van der Waals surface area contributed by atoms with Crippen LogP contribution in [0.1, 0.15) is 62.4 Å². The first-order valence-corrected chi connectivity index (χ1v) is 6.66. The number of benzene rings is 1. The molecule has 1 heteroatoms. The summed E-state index contributed by atoms with van der Waals surface area (Å²) in [4.78, 5) is 0. The molecule has 2 atom stereocenters. The Morgan fingerprint density at radius 1 is 1.12 bits per heavy atom. The van der Waals surface area contributed by atoms with Gasteiger partial charge in [0.25, 0.3) is 0 Å². The van der Waals surface area contributed by atoms with Gasteiger partial charge in [-0.2, -0.15) is 0 Å². The third-order valence-corrected chi connectivity index (χ3v) is 3.88. The Kier molecular flexibility index (Phi) is 3.07. The number of nitrogens with one attached hydrogen (secondary N) is 1. The highest BCUT2D eigenvalue weighted by atomic mass is 15.0. The average Bonchev–Trinajstić information content (AvgIpc) is 2.12. The topological polar surface area (TPSA) is 12.0 Å². The minimum Gasteiger partial charge on any atom is -0.307 e. The molecule has 94 valence electrons. The maximum absolute atomic E-state index is 3.60. The molecule has 0 amide bonds. The summed E-state index contributed by atoms with van der Waals surface area (Å²) in [6, 6.07) is 6.00. The van der Waals surface area contributed by atoms with Crippen LogP contribution in [0.25, 0.3) is 0 Å². The van der Waals surface area contributed by atoms with Crippen LogP contribution in [0, 0.1) is 13.8 Å². The highest BCUT2D eigenvalue weighted by Crippen LogP contribution is 2.35. The van der Waals surface area contributed by atoms with E-state index in [2.05, 4.69) is 59.0 Å². The van der Waals surface area contributed by atoms with Crippen LogP contribution >= 0.6 is 0 Å². The van der Waals surface area contributed by atoms with Crippen molar-refractivity contribution in [2.45, 2.75) is 65.5 Å². The lowest BCUT2D eigenvalue weighted by molar-refractivity contribution is 0.286. The number of hydrogen-bond donors (Lipinski definition) is 1. The molecule has 17 heavy (non-hydrogen) atoms. The van der Waals surface area contributed by atoms with Crippen molar-refractivity contribution in [3.8, 4) is 0 Å². The normalized spacial score (nSPS) is 24.6. The first-order valence-electron chi connectivity index (χ1n) is 6.66. The summed E-state index contributed by atoms with van der Waals surface area (Å²) in [5, 5.41) is 3.60. The lowest BCUT2D eigenvalue weighted by atomic mass is 9.80. The van der Waals surface area contributed by atoms with Crippen LogP contribution in [0.5, 0.6) is 0 Å². The third-order valence-electron chi connectivity index (χ3n) is 3.88. The predicted molar refractivity (Wildman–Crippen MR) is 74.6 cm³/mol. The van der Waals surface area contributed by atoms with E-state index in [0.717, 1.165) is 0 Å². The van der Waals surface area contributed by atoms with Gasteiger partial charge in [-0.1, -0.05) is 32.9 Å². The first-order chi connectivity index (χ1) is 7.79. The van der Waals surface area contributed by atoms with Crippen LogP contribution in [0.3, 0.4) is 0 Å². The highest BCUT2D eigenvalue weighted by molar-refractivity contribution is 5.43.